The minimum absolute atomic E-state index is 0.939. The van der Waals surface area contributed by atoms with E-state index in [1.807, 2.05) is 10.9 Å². The van der Waals surface area contributed by atoms with Crippen molar-refractivity contribution < 1.29 is 0 Å². The molecular weight excluding hydrogens is 222 g/mol. The van der Waals surface area contributed by atoms with Gasteiger partial charge in [0.15, 0.2) is 0 Å². The summed E-state index contributed by atoms with van der Waals surface area (Å²) in [5, 5.41) is 7.83. The van der Waals surface area contributed by atoms with Gasteiger partial charge in [0.05, 0.1) is 6.20 Å². The van der Waals surface area contributed by atoms with E-state index in [0.717, 1.165) is 19.5 Å². The van der Waals surface area contributed by atoms with E-state index in [-0.39, 0.29) is 0 Å². The van der Waals surface area contributed by atoms with E-state index in [1.54, 1.807) is 0 Å². The van der Waals surface area contributed by atoms with Crippen molar-refractivity contribution >= 4 is 5.69 Å². The molecule has 0 unspecified atom stereocenters. The van der Waals surface area contributed by atoms with E-state index in [4.69, 9.17) is 0 Å². The van der Waals surface area contributed by atoms with Crippen molar-refractivity contribution in [2.24, 2.45) is 0 Å². The van der Waals surface area contributed by atoms with Crippen molar-refractivity contribution in [1.29, 1.82) is 0 Å². The van der Waals surface area contributed by atoms with E-state index in [2.05, 4.69) is 41.7 Å². The van der Waals surface area contributed by atoms with Crippen LogP contribution in [0, 0.1) is 0 Å². The van der Waals surface area contributed by atoms with Gasteiger partial charge in [-0.05, 0) is 42.5 Å². The lowest BCUT2D eigenvalue weighted by Gasteiger charge is -2.20. The van der Waals surface area contributed by atoms with Crippen LogP contribution >= 0.6 is 0 Å². The van der Waals surface area contributed by atoms with Gasteiger partial charge < -0.3 is 5.32 Å². The zero-order chi connectivity index (χ0) is 12.4. The van der Waals surface area contributed by atoms with Crippen LogP contribution in [-0.2, 0) is 19.4 Å². The quantitative estimate of drug-likeness (QED) is 0.895. The Kier molecular flexibility index (Phi) is 3.05. The van der Waals surface area contributed by atoms with Gasteiger partial charge in [0, 0.05) is 31.4 Å². The van der Waals surface area contributed by atoms with Crippen LogP contribution < -0.4 is 5.32 Å². The number of anilines is 1. The summed E-state index contributed by atoms with van der Waals surface area (Å²) in [6.07, 6.45) is 7.55. The van der Waals surface area contributed by atoms with Crippen molar-refractivity contribution in [3.8, 4) is 0 Å². The van der Waals surface area contributed by atoms with E-state index in [1.165, 1.54) is 35.2 Å². The van der Waals surface area contributed by atoms with E-state index in [0.29, 0.717) is 0 Å². The number of nitrogens with one attached hydrogen (secondary N) is 1. The molecule has 1 aliphatic rings. The van der Waals surface area contributed by atoms with Gasteiger partial charge in [0.1, 0.15) is 0 Å². The number of fused-ring (bicyclic) bond motifs is 1. The first-order valence-electron chi connectivity index (χ1n) is 6.73. The molecule has 0 fully saturated rings. The lowest BCUT2D eigenvalue weighted by Crippen LogP contribution is -2.13. The Balaban J connectivity index is 1.88. The smallest absolute Gasteiger partial charge is 0.0525 e. The zero-order valence-electron chi connectivity index (χ0n) is 10.8. The predicted molar refractivity (Wildman–Crippen MR) is 74.0 cm³/mol. The molecule has 94 valence electrons. The summed E-state index contributed by atoms with van der Waals surface area (Å²) < 4.78 is 1.99. The average Bonchev–Trinajstić information content (AvgIpc) is 2.87. The van der Waals surface area contributed by atoms with Crippen LogP contribution in [0.15, 0.2) is 30.6 Å². The molecule has 0 spiro atoms. The molecule has 0 radical (unpaired) electrons. The molecule has 0 saturated heterocycles. The highest BCUT2D eigenvalue weighted by atomic mass is 15.3. The minimum Gasteiger partial charge on any atom is -0.385 e. The molecule has 0 saturated carbocycles. The number of aryl methyl sites for hydroxylation is 1. The summed E-state index contributed by atoms with van der Waals surface area (Å²) in [6.45, 7) is 4.16. The topological polar surface area (TPSA) is 29.9 Å². The fraction of sp³-hybridized carbons (Fsp3) is 0.400. The van der Waals surface area contributed by atoms with Crippen molar-refractivity contribution in [2.45, 2.75) is 32.7 Å². The van der Waals surface area contributed by atoms with E-state index < -0.39 is 0 Å². The summed E-state index contributed by atoms with van der Waals surface area (Å²) in [4.78, 5) is 0. The molecule has 1 N–H and O–H groups in total. The normalized spacial score (nSPS) is 14.1. The Morgan fingerprint density at radius 1 is 1.39 bits per heavy atom. The van der Waals surface area contributed by atoms with Gasteiger partial charge in [-0.25, -0.2) is 0 Å². The molecule has 0 amide bonds. The summed E-state index contributed by atoms with van der Waals surface area (Å²) in [5.41, 5.74) is 5.56. The number of nitrogens with zero attached hydrogens (tertiary/aromatic N) is 2. The van der Waals surface area contributed by atoms with Crippen LogP contribution in [0.4, 0.5) is 5.69 Å². The van der Waals surface area contributed by atoms with E-state index in [9.17, 15) is 0 Å². The number of hydrogen-bond acceptors (Lipinski definition) is 2. The van der Waals surface area contributed by atoms with Crippen molar-refractivity contribution in [3.63, 3.8) is 0 Å². The maximum Gasteiger partial charge on any atom is 0.0525 e. The molecule has 0 aliphatic carbocycles. The number of aromatic nitrogens is 2. The fourth-order valence-electron chi connectivity index (χ4n) is 2.64. The summed E-state index contributed by atoms with van der Waals surface area (Å²) >= 11 is 0. The second-order valence-corrected chi connectivity index (χ2v) is 4.85. The molecule has 3 nitrogen and oxygen atoms in total. The SMILES string of the molecule is CCn1cc(Cc2cccc3c2CCCN3)cn1. The third-order valence-electron chi connectivity index (χ3n) is 3.60. The van der Waals surface area contributed by atoms with E-state index >= 15 is 0 Å². The Morgan fingerprint density at radius 2 is 2.33 bits per heavy atom. The highest BCUT2D eigenvalue weighted by molar-refractivity contribution is 5.57. The van der Waals surface area contributed by atoms with Gasteiger partial charge in [-0.3, -0.25) is 4.68 Å². The first-order chi connectivity index (χ1) is 8.86. The van der Waals surface area contributed by atoms with Crippen LogP contribution in [0.2, 0.25) is 0 Å². The van der Waals surface area contributed by atoms with Gasteiger partial charge in [-0.1, -0.05) is 12.1 Å². The van der Waals surface area contributed by atoms with Crippen LogP contribution in [-0.4, -0.2) is 16.3 Å². The minimum atomic E-state index is 0.939. The van der Waals surface area contributed by atoms with Gasteiger partial charge in [0.25, 0.3) is 0 Å². The van der Waals surface area contributed by atoms with Gasteiger partial charge in [-0.2, -0.15) is 5.10 Å². The first-order valence-corrected chi connectivity index (χ1v) is 6.73. The Morgan fingerprint density at radius 3 is 3.17 bits per heavy atom. The maximum atomic E-state index is 4.34. The summed E-state index contributed by atoms with van der Waals surface area (Å²) in [6, 6.07) is 6.58. The monoisotopic (exact) mass is 241 g/mol. The second-order valence-electron chi connectivity index (χ2n) is 4.85. The number of rotatable bonds is 3. The summed E-state index contributed by atoms with van der Waals surface area (Å²) in [7, 11) is 0. The van der Waals surface area contributed by atoms with Crippen molar-refractivity contribution in [1.82, 2.24) is 9.78 Å². The fourth-order valence-corrected chi connectivity index (χ4v) is 2.64. The molecule has 1 aliphatic heterocycles. The molecule has 18 heavy (non-hydrogen) atoms. The molecule has 2 aromatic rings. The molecule has 0 bridgehead atoms. The van der Waals surface area contributed by atoms with Crippen molar-refractivity contribution in [2.75, 3.05) is 11.9 Å². The van der Waals surface area contributed by atoms with Crippen LogP contribution in [0.1, 0.15) is 30.0 Å². The zero-order valence-corrected chi connectivity index (χ0v) is 10.8. The highest BCUT2D eigenvalue weighted by Gasteiger charge is 2.12. The molecule has 1 aromatic carbocycles. The van der Waals surface area contributed by atoms with Gasteiger partial charge in [-0.15, -0.1) is 0 Å². The van der Waals surface area contributed by atoms with Crippen LogP contribution in [0.5, 0.6) is 0 Å². The van der Waals surface area contributed by atoms with Crippen LogP contribution in [0.25, 0.3) is 0 Å². The third-order valence-corrected chi connectivity index (χ3v) is 3.60. The molecule has 2 heterocycles. The molecule has 3 heteroatoms. The lowest BCUT2D eigenvalue weighted by molar-refractivity contribution is 0.659. The second kappa shape index (κ2) is 4.84. The first kappa shape index (κ1) is 11.3. The van der Waals surface area contributed by atoms with Gasteiger partial charge >= 0.3 is 0 Å². The molecular formula is C15H19N3. The maximum absolute atomic E-state index is 4.34. The van der Waals surface area contributed by atoms with Crippen molar-refractivity contribution in [3.05, 3.63) is 47.3 Å². The van der Waals surface area contributed by atoms with Gasteiger partial charge in [0.2, 0.25) is 0 Å². The predicted octanol–water partition coefficient (Wildman–Crippen LogP) is 2.85. The molecule has 0 atom stereocenters. The Hall–Kier alpha value is -1.77. The molecule has 1 aromatic heterocycles. The summed E-state index contributed by atoms with van der Waals surface area (Å²) in [5.74, 6) is 0. The number of benzene rings is 1. The lowest BCUT2D eigenvalue weighted by atomic mass is 9.94. The standard InChI is InChI=1S/C15H19N3/c1-2-18-11-12(10-17-18)9-13-5-3-7-15-14(13)6-4-8-16-15/h3,5,7,10-11,16H,2,4,6,8-9H2,1H3. The van der Waals surface area contributed by atoms with Crippen LogP contribution in [0.3, 0.4) is 0 Å². The number of hydrogen-bond donors (Lipinski definition) is 1. The largest absolute Gasteiger partial charge is 0.385 e. The Bertz CT molecular complexity index is 542. The average molecular weight is 241 g/mol. The molecule has 3 rings (SSSR count). The highest BCUT2D eigenvalue weighted by Crippen LogP contribution is 2.26. The third kappa shape index (κ3) is 2.13. The Labute approximate surface area is 108 Å².